The number of benzene rings is 3. The van der Waals surface area contributed by atoms with Crippen LogP contribution in [0.1, 0.15) is 21.5 Å². The Morgan fingerprint density at radius 3 is 2.44 bits per heavy atom. The largest absolute Gasteiger partial charge is 0.494 e. The predicted octanol–water partition coefficient (Wildman–Crippen LogP) is 5.15. The molecular formula is C22H18N2O2S. The van der Waals surface area contributed by atoms with Crippen molar-refractivity contribution in [2.24, 2.45) is 0 Å². The minimum absolute atomic E-state index is 0.167. The normalized spacial score (nSPS) is 10.7. The lowest BCUT2D eigenvalue weighted by atomic mass is 10.0. The molecule has 0 aliphatic heterocycles. The number of nitrogens with one attached hydrogen (secondary N) is 1. The number of anilines is 1. The van der Waals surface area contributed by atoms with Gasteiger partial charge in [0.1, 0.15) is 11.3 Å². The Balaban J connectivity index is 1.48. The van der Waals surface area contributed by atoms with E-state index in [1.165, 1.54) is 22.5 Å². The van der Waals surface area contributed by atoms with Gasteiger partial charge < -0.3 is 4.74 Å². The van der Waals surface area contributed by atoms with E-state index in [-0.39, 0.29) is 5.91 Å². The second-order valence-electron chi connectivity index (χ2n) is 6.14. The number of rotatable bonds is 5. The molecule has 1 heterocycles. The Morgan fingerprint density at radius 2 is 1.70 bits per heavy atom. The summed E-state index contributed by atoms with van der Waals surface area (Å²) in [6.07, 6.45) is 0.848. The molecule has 0 saturated carbocycles. The van der Waals surface area contributed by atoms with Gasteiger partial charge in [-0.05, 0) is 41.8 Å². The topological polar surface area (TPSA) is 51.2 Å². The average Bonchev–Trinajstić information content (AvgIpc) is 3.11. The molecule has 0 aliphatic rings. The predicted molar refractivity (Wildman–Crippen MR) is 110 cm³/mol. The third-order valence-corrected chi connectivity index (χ3v) is 5.23. The molecule has 4 rings (SSSR count). The fraction of sp³-hybridized carbons (Fsp3) is 0.0909. The molecule has 1 aromatic heterocycles. The van der Waals surface area contributed by atoms with Crippen molar-refractivity contribution in [3.8, 4) is 5.75 Å². The van der Waals surface area contributed by atoms with Gasteiger partial charge in [-0.25, -0.2) is 4.98 Å². The highest BCUT2D eigenvalue weighted by Gasteiger charge is 2.12. The van der Waals surface area contributed by atoms with Gasteiger partial charge in [0.2, 0.25) is 0 Å². The summed E-state index contributed by atoms with van der Waals surface area (Å²) in [7, 11) is 1.61. The fourth-order valence-corrected chi connectivity index (χ4v) is 3.79. The molecule has 0 atom stereocenters. The van der Waals surface area contributed by atoms with Crippen molar-refractivity contribution < 1.29 is 9.53 Å². The molecule has 1 N–H and O–H groups in total. The first kappa shape index (κ1) is 17.2. The number of aromatic nitrogens is 1. The van der Waals surface area contributed by atoms with Crippen molar-refractivity contribution >= 4 is 32.6 Å². The van der Waals surface area contributed by atoms with E-state index in [1.807, 2.05) is 60.7 Å². The molecule has 0 saturated heterocycles. The molecule has 5 heteroatoms. The number of hydrogen-bond acceptors (Lipinski definition) is 4. The molecule has 0 aliphatic carbocycles. The number of carbonyl (C=O) groups excluding carboxylic acids is 1. The number of hydrogen-bond donors (Lipinski definition) is 1. The van der Waals surface area contributed by atoms with Crippen LogP contribution in [-0.4, -0.2) is 18.0 Å². The Kier molecular flexibility index (Phi) is 4.85. The highest BCUT2D eigenvalue weighted by atomic mass is 32.1. The van der Waals surface area contributed by atoms with Crippen LogP contribution >= 0.6 is 11.3 Å². The first-order valence-corrected chi connectivity index (χ1v) is 9.42. The summed E-state index contributed by atoms with van der Waals surface area (Å²) < 4.78 is 6.30. The Hall–Kier alpha value is -3.18. The van der Waals surface area contributed by atoms with Crippen molar-refractivity contribution in [1.29, 1.82) is 0 Å². The van der Waals surface area contributed by atoms with Gasteiger partial charge in [0.15, 0.2) is 5.13 Å². The van der Waals surface area contributed by atoms with Crippen LogP contribution in [0.4, 0.5) is 5.13 Å². The number of ether oxygens (including phenoxy) is 1. The quantitative estimate of drug-likeness (QED) is 0.526. The van der Waals surface area contributed by atoms with E-state index in [2.05, 4.69) is 22.4 Å². The molecule has 0 spiro atoms. The maximum Gasteiger partial charge on any atom is 0.257 e. The van der Waals surface area contributed by atoms with E-state index in [1.54, 1.807) is 7.11 Å². The van der Waals surface area contributed by atoms with Gasteiger partial charge in [-0.2, -0.15) is 0 Å². The van der Waals surface area contributed by atoms with Crippen molar-refractivity contribution in [2.75, 3.05) is 12.4 Å². The lowest BCUT2D eigenvalue weighted by Gasteiger charge is -2.05. The zero-order chi connectivity index (χ0) is 18.6. The molecule has 1 amide bonds. The molecule has 27 heavy (non-hydrogen) atoms. The molecule has 0 fully saturated rings. The minimum atomic E-state index is -0.167. The van der Waals surface area contributed by atoms with Crippen LogP contribution in [0.2, 0.25) is 0 Å². The van der Waals surface area contributed by atoms with Crippen LogP contribution in [0.25, 0.3) is 10.2 Å². The Morgan fingerprint density at radius 1 is 0.963 bits per heavy atom. The summed E-state index contributed by atoms with van der Waals surface area (Å²) in [5.41, 5.74) is 3.79. The van der Waals surface area contributed by atoms with Gasteiger partial charge >= 0.3 is 0 Å². The third kappa shape index (κ3) is 3.83. The summed E-state index contributed by atoms with van der Waals surface area (Å²) >= 11 is 1.43. The molecule has 134 valence electrons. The number of para-hydroxylation sites is 1. The van der Waals surface area contributed by atoms with Crippen molar-refractivity contribution in [1.82, 2.24) is 4.98 Å². The lowest BCUT2D eigenvalue weighted by molar-refractivity contribution is 0.102. The van der Waals surface area contributed by atoms with Gasteiger partial charge in [0, 0.05) is 5.56 Å². The van der Waals surface area contributed by atoms with Gasteiger partial charge in [0.25, 0.3) is 5.91 Å². The van der Waals surface area contributed by atoms with Crippen molar-refractivity contribution in [3.05, 3.63) is 89.5 Å². The number of fused-ring (bicyclic) bond motifs is 1. The molecular weight excluding hydrogens is 356 g/mol. The Bertz CT molecular complexity index is 1070. The smallest absolute Gasteiger partial charge is 0.257 e. The zero-order valence-electron chi connectivity index (χ0n) is 14.8. The van der Waals surface area contributed by atoms with Crippen molar-refractivity contribution in [2.45, 2.75) is 6.42 Å². The van der Waals surface area contributed by atoms with Gasteiger partial charge in [-0.1, -0.05) is 59.9 Å². The molecule has 4 nitrogen and oxygen atoms in total. The summed E-state index contributed by atoms with van der Waals surface area (Å²) in [5, 5.41) is 3.44. The SMILES string of the molecule is COc1cccc2sc(NC(=O)c3ccc(Cc4ccccc4)cc3)nc12. The minimum Gasteiger partial charge on any atom is -0.494 e. The third-order valence-electron chi connectivity index (χ3n) is 4.29. The number of methoxy groups -OCH3 is 1. The number of thiazole rings is 1. The highest BCUT2D eigenvalue weighted by Crippen LogP contribution is 2.32. The molecule has 0 unspecified atom stereocenters. The molecule has 4 aromatic rings. The van der Waals surface area contributed by atoms with Crippen LogP contribution in [0.3, 0.4) is 0 Å². The van der Waals surface area contributed by atoms with E-state index < -0.39 is 0 Å². The van der Waals surface area contributed by atoms with Gasteiger partial charge in [0.05, 0.1) is 11.8 Å². The monoisotopic (exact) mass is 374 g/mol. The van der Waals surface area contributed by atoms with E-state index >= 15 is 0 Å². The molecule has 3 aromatic carbocycles. The first-order chi connectivity index (χ1) is 13.2. The maximum absolute atomic E-state index is 12.5. The van der Waals surface area contributed by atoms with Gasteiger partial charge in [-0.15, -0.1) is 0 Å². The second kappa shape index (κ2) is 7.60. The average molecular weight is 374 g/mol. The van der Waals surface area contributed by atoms with Crippen molar-refractivity contribution in [3.63, 3.8) is 0 Å². The number of carbonyl (C=O) groups is 1. The second-order valence-corrected chi connectivity index (χ2v) is 7.17. The molecule has 0 bridgehead atoms. The van der Waals surface area contributed by atoms with Crippen LogP contribution in [0, 0.1) is 0 Å². The number of nitrogens with zero attached hydrogens (tertiary/aromatic N) is 1. The summed E-state index contributed by atoms with van der Waals surface area (Å²) in [6, 6.07) is 23.7. The summed E-state index contributed by atoms with van der Waals surface area (Å²) in [4.78, 5) is 17.0. The van der Waals surface area contributed by atoms with Crippen LogP contribution in [-0.2, 0) is 6.42 Å². The summed E-state index contributed by atoms with van der Waals surface area (Å²) in [6.45, 7) is 0. The standard InChI is InChI=1S/C22H18N2O2S/c1-26-18-8-5-9-19-20(18)23-22(27-19)24-21(25)17-12-10-16(11-13-17)14-15-6-3-2-4-7-15/h2-13H,14H2,1H3,(H,23,24,25). The van der Waals surface area contributed by atoms with E-state index in [0.717, 1.165) is 16.6 Å². The van der Waals surface area contributed by atoms with Gasteiger partial charge in [-0.3, -0.25) is 10.1 Å². The van der Waals surface area contributed by atoms with E-state index in [9.17, 15) is 4.79 Å². The lowest BCUT2D eigenvalue weighted by Crippen LogP contribution is -2.11. The first-order valence-electron chi connectivity index (χ1n) is 8.61. The van der Waals surface area contributed by atoms with Crippen LogP contribution in [0.15, 0.2) is 72.8 Å². The van der Waals surface area contributed by atoms with E-state index in [0.29, 0.717) is 16.4 Å². The maximum atomic E-state index is 12.5. The number of amides is 1. The highest BCUT2D eigenvalue weighted by molar-refractivity contribution is 7.22. The van der Waals surface area contributed by atoms with Crippen LogP contribution < -0.4 is 10.1 Å². The fourth-order valence-electron chi connectivity index (χ4n) is 2.92. The van der Waals surface area contributed by atoms with Crippen LogP contribution in [0.5, 0.6) is 5.75 Å². The Labute approximate surface area is 161 Å². The molecule has 0 radical (unpaired) electrons. The zero-order valence-corrected chi connectivity index (χ0v) is 15.6. The van der Waals surface area contributed by atoms with E-state index in [4.69, 9.17) is 4.74 Å². The summed E-state index contributed by atoms with van der Waals surface area (Å²) in [5.74, 6) is 0.536.